The van der Waals surface area contributed by atoms with Crippen LogP contribution in [0.3, 0.4) is 0 Å². The lowest BCUT2D eigenvalue weighted by Crippen LogP contribution is -2.22. The molecule has 2 nitrogen and oxygen atoms in total. The highest BCUT2D eigenvalue weighted by Gasteiger charge is 2.12. The Labute approximate surface area is 149 Å². The van der Waals surface area contributed by atoms with E-state index < -0.39 is 0 Å². The molecule has 0 fully saturated rings. The molecule has 0 radical (unpaired) electrons. The maximum absolute atomic E-state index is 6.43. The second kappa shape index (κ2) is 6.99. The van der Waals surface area contributed by atoms with Crippen LogP contribution in [0.2, 0.25) is 0 Å². The average Bonchev–Trinajstić information content (AvgIpc) is 2.64. The van der Waals surface area contributed by atoms with Gasteiger partial charge in [0.2, 0.25) is 0 Å². The monoisotopic (exact) mass is 330 g/mol. The van der Waals surface area contributed by atoms with Crippen LogP contribution in [-0.2, 0) is 6.42 Å². The normalized spacial score (nSPS) is 13.2. The third-order valence-electron chi connectivity index (χ3n) is 5.38. The molecule has 0 aliphatic rings. The summed E-state index contributed by atoms with van der Waals surface area (Å²) in [4.78, 5) is 0. The van der Waals surface area contributed by atoms with E-state index in [0.29, 0.717) is 0 Å². The highest BCUT2D eigenvalue weighted by molar-refractivity contribution is 6.23. The van der Waals surface area contributed by atoms with Crippen molar-refractivity contribution in [1.82, 2.24) is 0 Å². The van der Waals surface area contributed by atoms with Gasteiger partial charge in [-0.25, -0.2) is 0 Å². The zero-order chi connectivity index (χ0) is 17.2. The Morgan fingerprint density at radius 3 is 2.16 bits per heavy atom. The van der Waals surface area contributed by atoms with Crippen LogP contribution in [0, 0.1) is 0 Å². The van der Waals surface area contributed by atoms with Crippen LogP contribution in [0.1, 0.15) is 31.2 Å². The van der Waals surface area contributed by atoms with E-state index in [0.717, 1.165) is 25.8 Å². The lowest BCUT2D eigenvalue weighted by Gasteiger charge is -2.16. The van der Waals surface area contributed by atoms with Gasteiger partial charge >= 0.3 is 0 Å². The molecule has 0 aromatic heterocycles. The molecular weight excluding hydrogens is 304 g/mol. The Morgan fingerprint density at radius 1 is 0.720 bits per heavy atom. The second-order valence-corrected chi connectivity index (χ2v) is 7.18. The van der Waals surface area contributed by atoms with Gasteiger partial charge in [0.1, 0.15) is 0 Å². The Kier molecular flexibility index (Phi) is 4.56. The number of hydrogen-bond acceptors (Lipinski definition) is 2. The SMILES string of the molecule is NCCCCCC(N)Cc1ccc2ccc3cccc4ccc1c2c34. The van der Waals surface area contributed by atoms with Crippen molar-refractivity contribution in [2.45, 2.75) is 38.1 Å². The first-order valence-corrected chi connectivity index (χ1v) is 9.39. The molecule has 25 heavy (non-hydrogen) atoms. The molecule has 4 aromatic rings. The molecule has 2 heteroatoms. The van der Waals surface area contributed by atoms with Crippen LogP contribution in [0.4, 0.5) is 0 Å². The standard InChI is InChI=1S/C23H26N2/c24-14-3-1-2-7-20(25)15-19-11-10-18-9-8-16-5-4-6-17-12-13-21(19)23(18)22(16)17/h4-6,8-13,20H,1-3,7,14-15,24-25H2. The van der Waals surface area contributed by atoms with E-state index in [1.165, 1.54) is 50.7 Å². The van der Waals surface area contributed by atoms with Gasteiger partial charge in [0, 0.05) is 6.04 Å². The quantitative estimate of drug-likeness (QED) is 0.371. The minimum atomic E-state index is 0.219. The Bertz CT molecular complexity index is 974. The van der Waals surface area contributed by atoms with E-state index in [1.54, 1.807) is 0 Å². The zero-order valence-corrected chi connectivity index (χ0v) is 14.7. The van der Waals surface area contributed by atoms with E-state index in [-0.39, 0.29) is 6.04 Å². The molecule has 0 aliphatic carbocycles. The lowest BCUT2D eigenvalue weighted by molar-refractivity contribution is 0.552. The van der Waals surface area contributed by atoms with Crippen LogP contribution in [0.25, 0.3) is 32.3 Å². The van der Waals surface area contributed by atoms with E-state index in [1.807, 2.05) is 0 Å². The Hall–Kier alpha value is -2.16. The van der Waals surface area contributed by atoms with Crippen LogP contribution in [-0.4, -0.2) is 12.6 Å². The average molecular weight is 330 g/mol. The summed E-state index contributed by atoms with van der Waals surface area (Å²) in [5.74, 6) is 0. The van der Waals surface area contributed by atoms with Crippen molar-refractivity contribution in [3.8, 4) is 0 Å². The largest absolute Gasteiger partial charge is 0.330 e. The first-order valence-electron chi connectivity index (χ1n) is 9.39. The fourth-order valence-electron chi connectivity index (χ4n) is 4.09. The zero-order valence-electron chi connectivity index (χ0n) is 14.7. The van der Waals surface area contributed by atoms with Gasteiger partial charge in [-0.1, -0.05) is 67.4 Å². The molecule has 1 atom stereocenters. The van der Waals surface area contributed by atoms with Gasteiger partial charge in [0.05, 0.1) is 0 Å². The molecule has 1 unspecified atom stereocenters. The maximum Gasteiger partial charge on any atom is 0.00795 e. The van der Waals surface area contributed by atoms with Gasteiger partial charge in [0.15, 0.2) is 0 Å². The lowest BCUT2D eigenvalue weighted by atomic mass is 9.89. The van der Waals surface area contributed by atoms with Crippen LogP contribution >= 0.6 is 0 Å². The van der Waals surface area contributed by atoms with Gasteiger partial charge in [-0.05, 0) is 63.7 Å². The Morgan fingerprint density at radius 2 is 1.40 bits per heavy atom. The number of benzene rings is 4. The molecule has 0 amide bonds. The van der Waals surface area contributed by atoms with Gasteiger partial charge in [-0.2, -0.15) is 0 Å². The molecule has 0 saturated carbocycles. The van der Waals surface area contributed by atoms with Crippen molar-refractivity contribution < 1.29 is 0 Å². The van der Waals surface area contributed by atoms with Crippen LogP contribution < -0.4 is 11.5 Å². The van der Waals surface area contributed by atoms with Gasteiger partial charge < -0.3 is 11.5 Å². The number of rotatable bonds is 7. The van der Waals surface area contributed by atoms with Crippen LogP contribution in [0.15, 0.2) is 54.6 Å². The van der Waals surface area contributed by atoms with E-state index in [2.05, 4.69) is 54.6 Å². The summed E-state index contributed by atoms with van der Waals surface area (Å²) in [6.07, 6.45) is 5.47. The molecule has 0 bridgehead atoms. The molecule has 0 saturated heterocycles. The van der Waals surface area contributed by atoms with Gasteiger partial charge in [0.25, 0.3) is 0 Å². The third-order valence-corrected chi connectivity index (χ3v) is 5.38. The topological polar surface area (TPSA) is 52.0 Å². The summed E-state index contributed by atoms with van der Waals surface area (Å²) in [5, 5.41) is 8.09. The first kappa shape index (κ1) is 16.3. The number of unbranched alkanes of at least 4 members (excludes halogenated alkanes) is 2. The van der Waals surface area contributed by atoms with E-state index in [9.17, 15) is 0 Å². The summed E-state index contributed by atoms with van der Waals surface area (Å²) in [6.45, 7) is 0.782. The predicted molar refractivity (Wildman–Crippen MR) is 109 cm³/mol. The molecule has 4 rings (SSSR count). The molecule has 4 N–H and O–H groups in total. The van der Waals surface area contributed by atoms with Crippen LogP contribution in [0.5, 0.6) is 0 Å². The number of nitrogens with two attached hydrogens (primary N) is 2. The minimum Gasteiger partial charge on any atom is -0.330 e. The summed E-state index contributed by atoms with van der Waals surface area (Å²) in [5.41, 5.74) is 13.4. The van der Waals surface area contributed by atoms with Gasteiger partial charge in [-0.3, -0.25) is 0 Å². The summed E-state index contributed by atoms with van der Waals surface area (Å²) >= 11 is 0. The van der Waals surface area contributed by atoms with Crippen molar-refractivity contribution in [1.29, 1.82) is 0 Å². The van der Waals surface area contributed by atoms with E-state index >= 15 is 0 Å². The smallest absolute Gasteiger partial charge is 0.00795 e. The number of hydrogen-bond donors (Lipinski definition) is 2. The summed E-state index contributed by atoms with van der Waals surface area (Å²) < 4.78 is 0. The molecule has 0 aliphatic heterocycles. The van der Waals surface area contributed by atoms with Crippen molar-refractivity contribution in [3.05, 3.63) is 60.2 Å². The highest BCUT2D eigenvalue weighted by Crippen LogP contribution is 2.36. The maximum atomic E-state index is 6.43. The molecule has 128 valence electrons. The summed E-state index contributed by atoms with van der Waals surface area (Å²) in [6, 6.07) is 20.3. The molecule has 0 heterocycles. The Balaban J connectivity index is 1.70. The molecule has 4 aromatic carbocycles. The minimum absolute atomic E-state index is 0.219. The summed E-state index contributed by atoms with van der Waals surface area (Å²) in [7, 11) is 0. The first-order chi connectivity index (χ1) is 12.3. The molecule has 0 spiro atoms. The highest BCUT2D eigenvalue weighted by atomic mass is 14.6. The predicted octanol–water partition coefficient (Wildman–Crippen LogP) is 4.97. The molecular formula is C23H26N2. The van der Waals surface area contributed by atoms with Crippen molar-refractivity contribution in [3.63, 3.8) is 0 Å². The fraction of sp³-hybridized carbons (Fsp3) is 0.304. The third kappa shape index (κ3) is 3.08. The van der Waals surface area contributed by atoms with Crippen molar-refractivity contribution >= 4 is 32.3 Å². The fourth-order valence-corrected chi connectivity index (χ4v) is 4.09. The van der Waals surface area contributed by atoms with Crippen molar-refractivity contribution in [2.24, 2.45) is 11.5 Å². The van der Waals surface area contributed by atoms with Gasteiger partial charge in [-0.15, -0.1) is 0 Å². The van der Waals surface area contributed by atoms with Crippen molar-refractivity contribution in [2.75, 3.05) is 6.54 Å². The van der Waals surface area contributed by atoms with E-state index in [4.69, 9.17) is 11.5 Å². The second-order valence-electron chi connectivity index (χ2n) is 7.18.